The number of hydrogen-bond acceptors (Lipinski definition) is 8. The Morgan fingerprint density at radius 2 is 1.82 bits per heavy atom. The van der Waals surface area contributed by atoms with Gasteiger partial charge in [-0.1, -0.05) is 11.8 Å². The van der Waals surface area contributed by atoms with Crippen LogP contribution in [0.2, 0.25) is 0 Å². The highest BCUT2D eigenvalue weighted by Gasteiger charge is 2.21. The van der Waals surface area contributed by atoms with E-state index in [0.29, 0.717) is 40.4 Å². The summed E-state index contributed by atoms with van der Waals surface area (Å²) in [5.74, 6) is 7.55. The van der Waals surface area contributed by atoms with Crippen LogP contribution in [0.25, 0.3) is 0 Å². The molecule has 0 saturated heterocycles. The Kier molecular flexibility index (Phi) is 7.56. The molecule has 0 saturated carbocycles. The van der Waals surface area contributed by atoms with Crippen LogP contribution in [0.3, 0.4) is 0 Å². The minimum Gasteiger partial charge on any atom is -0.493 e. The molecule has 0 aliphatic rings. The summed E-state index contributed by atoms with van der Waals surface area (Å²) in [5.41, 5.74) is 14.4. The molecule has 3 aromatic rings. The molecular formula is C23H25N4O5P. The van der Waals surface area contributed by atoms with Gasteiger partial charge in [0.05, 0.1) is 31.7 Å². The molecule has 0 amide bonds. The number of nitrogens with zero attached hydrogens (tertiary/aromatic N) is 2. The largest absolute Gasteiger partial charge is 0.493 e. The highest BCUT2D eigenvalue weighted by atomic mass is 31.2. The van der Waals surface area contributed by atoms with E-state index in [0.717, 1.165) is 5.56 Å². The molecule has 0 aliphatic heterocycles. The van der Waals surface area contributed by atoms with Gasteiger partial charge in [-0.3, -0.25) is 4.57 Å². The standard InChI is InChI=1S/C23H25N4O5P/c1-4-32-33(28,29)19-9-6-15(7-10-19)5-8-17-11-16(13-20(30-2)21(17)31-3)12-18-14-26-23(25)27-22(18)24/h6-7,9-11,13-14H,4,12H2,1-3H3,(H,28,29)(H4,24,25,26,27). The lowest BCUT2D eigenvalue weighted by atomic mass is 10.0. The number of aromatic nitrogens is 2. The zero-order valence-electron chi connectivity index (χ0n) is 18.5. The Hall–Kier alpha value is -3.57. The minimum atomic E-state index is -3.83. The van der Waals surface area contributed by atoms with Crippen molar-refractivity contribution in [1.82, 2.24) is 9.97 Å². The maximum Gasteiger partial charge on any atom is 0.358 e. The number of rotatable bonds is 7. The van der Waals surface area contributed by atoms with Crippen molar-refractivity contribution in [3.8, 4) is 23.3 Å². The van der Waals surface area contributed by atoms with Gasteiger partial charge in [-0.05, 0) is 48.9 Å². The van der Waals surface area contributed by atoms with E-state index in [1.54, 1.807) is 32.4 Å². The Balaban J connectivity index is 1.95. The first-order valence-corrected chi connectivity index (χ1v) is 11.6. The monoisotopic (exact) mass is 468 g/mol. The van der Waals surface area contributed by atoms with E-state index in [-0.39, 0.29) is 17.9 Å². The lowest BCUT2D eigenvalue weighted by Crippen LogP contribution is -2.06. The number of anilines is 2. The summed E-state index contributed by atoms with van der Waals surface area (Å²) < 4.78 is 28.1. The van der Waals surface area contributed by atoms with Crippen molar-refractivity contribution in [2.75, 3.05) is 32.3 Å². The van der Waals surface area contributed by atoms with E-state index in [1.807, 2.05) is 12.1 Å². The summed E-state index contributed by atoms with van der Waals surface area (Å²) >= 11 is 0. The van der Waals surface area contributed by atoms with Crippen molar-refractivity contribution >= 4 is 24.7 Å². The highest BCUT2D eigenvalue weighted by molar-refractivity contribution is 7.61. The van der Waals surface area contributed by atoms with Crippen LogP contribution >= 0.6 is 7.60 Å². The third-order valence-corrected chi connectivity index (χ3v) is 6.25. The SMILES string of the molecule is CCOP(=O)(O)c1ccc(C#Cc2cc(Cc3cnc(N)nc3N)cc(OC)c2OC)cc1. The third-order valence-electron chi connectivity index (χ3n) is 4.69. The van der Waals surface area contributed by atoms with Crippen molar-refractivity contribution in [2.24, 2.45) is 0 Å². The van der Waals surface area contributed by atoms with Gasteiger partial charge in [-0.25, -0.2) is 4.98 Å². The zero-order chi connectivity index (χ0) is 24.0. The number of benzene rings is 2. The molecule has 1 unspecified atom stereocenters. The fraction of sp³-hybridized carbons (Fsp3) is 0.217. The van der Waals surface area contributed by atoms with E-state index in [2.05, 4.69) is 21.8 Å². The van der Waals surface area contributed by atoms with Crippen molar-refractivity contribution in [1.29, 1.82) is 0 Å². The van der Waals surface area contributed by atoms with E-state index >= 15 is 0 Å². The van der Waals surface area contributed by atoms with Gasteiger partial charge in [-0.2, -0.15) is 4.98 Å². The van der Waals surface area contributed by atoms with Gasteiger partial charge < -0.3 is 30.4 Å². The second-order valence-corrected chi connectivity index (χ2v) is 8.74. The topological polar surface area (TPSA) is 143 Å². The van der Waals surface area contributed by atoms with Gasteiger partial charge in [0, 0.05) is 23.7 Å². The summed E-state index contributed by atoms with van der Waals surface area (Å²) in [4.78, 5) is 17.9. The molecular weight excluding hydrogens is 443 g/mol. The molecule has 33 heavy (non-hydrogen) atoms. The molecule has 0 spiro atoms. The zero-order valence-corrected chi connectivity index (χ0v) is 19.4. The summed E-state index contributed by atoms with van der Waals surface area (Å²) in [6, 6.07) is 10.1. The van der Waals surface area contributed by atoms with Crippen LogP contribution in [0, 0.1) is 11.8 Å². The fourth-order valence-corrected chi connectivity index (χ4v) is 4.15. The predicted octanol–water partition coefficient (Wildman–Crippen LogP) is 2.50. The lowest BCUT2D eigenvalue weighted by Gasteiger charge is -2.13. The quantitative estimate of drug-likeness (QED) is 0.352. The third kappa shape index (κ3) is 5.82. The van der Waals surface area contributed by atoms with Gasteiger partial charge in [0.2, 0.25) is 5.95 Å². The van der Waals surface area contributed by atoms with Crippen LogP contribution in [0.15, 0.2) is 42.6 Å². The van der Waals surface area contributed by atoms with Gasteiger partial charge in [0.15, 0.2) is 11.5 Å². The Morgan fingerprint density at radius 1 is 1.09 bits per heavy atom. The van der Waals surface area contributed by atoms with E-state index < -0.39 is 7.60 Å². The van der Waals surface area contributed by atoms with Crippen molar-refractivity contribution in [2.45, 2.75) is 13.3 Å². The molecule has 1 heterocycles. The van der Waals surface area contributed by atoms with Crippen molar-refractivity contribution in [3.05, 3.63) is 64.8 Å². The number of hydrogen-bond donors (Lipinski definition) is 3. The van der Waals surface area contributed by atoms with Crippen LogP contribution < -0.4 is 26.2 Å². The molecule has 0 bridgehead atoms. The van der Waals surface area contributed by atoms with Crippen LogP contribution in [0.5, 0.6) is 11.5 Å². The van der Waals surface area contributed by atoms with E-state index in [9.17, 15) is 9.46 Å². The molecule has 1 aromatic heterocycles. The first kappa shape index (κ1) is 24.1. The first-order chi connectivity index (χ1) is 15.8. The van der Waals surface area contributed by atoms with Crippen LogP contribution in [-0.2, 0) is 15.5 Å². The van der Waals surface area contributed by atoms with Crippen LogP contribution in [0.4, 0.5) is 11.8 Å². The average molecular weight is 468 g/mol. The molecule has 172 valence electrons. The predicted molar refractivity (Wildman–Crippen MR) is 127 cm³/mol. The summed E-state index contributed by atoms with van der Waals surface area (Å²) in [5, 5.41) is 0.208. The number of methoxy groups -OCH3 is 2. The lowest BCUT2D eigenvalue weighted by molar-refractivity contribution is 0.284. The smallest absolute Gasteiger partial charge is 0.358 e. The van der Waals surface area contributed by atoms with Gasteiger partial charge in [0.1, 0.15) is 5.82 Å². The Bertz CT molecular complexity index is 1250. The maximum absolute atomic E-state index is 12.1. The second kappa shape index (κ2) is 10.4. The molecule has 1 atom stereocenters. The number of nitrogens with two attached hydrogens (primary N) is 2. The van der Waals surface area contributed by atoms with Gasteiger partial charge >= 0.3 is 7.60 Å². The molecule has 2 aromatic carbocycles. The molecule has 5 N–H and O–H groups in total. The summed E-state index contributed by atoms with van der Waals surface area (Å²) in [7, 11) is -0.742. The maximum atomic E-state index is 12.1. The summed E-state index contributed by atoms with van der Waals surface area (Å²) in [6.45, 7) is 1.80. The normalized spacial score (nSPS) is 12.4. The van der Waals surface area contributed by atoms with Gasteiger partial charge in [-0.15, -0.1) is 0 Å². The van der Waals surface area contributed by atoms with Crippen molar-refractivity contribution < 1.29 is 23.5 Å². The Labute approximate surface area is 192 Å². The van der Waals surface area contributed by atoms with Crippen LogP contribution in [-0.4, -0.2) is 35.7 Å². The van der Waals surface area contributed by atoms with Crippen molar-refractivity contribution in [3.63, 3.8) is 0 Å². The van der Waals surface area contributed by atoms with E-state index in [4.69, 9.17) is 25.5 Å². The Morgan fingerprint density at radius 3 is 2.42 bits per heavy atom. The fourth-order valence-electron chi connectivity index (χ4n) is 3.13. The highest BCUT2D eigenvalue weighted by Crippen LogP contribution is 2.40. The van der Waals surface area contributed by atoms with Gasteiger partial charge in [0.25, 0.3) is 0 Å². The molecule has 0 aliphatic carbocycles. The number of ether oxygens (including phenoxy) is 2. The second-order valence-electron chi connectivity index (χ2n) is 6.93. The molecule has 10 heteroatoms. The summed E-state index contributed by atoms with van der Waals surface area (Å²) in [6.07, 6.45) is 2.03. The molecule has 3 rings (SSSR count). The molecule has 0 radical (unpaired) electrons. The average Bonchev–Trinajstić information content (AvgIpc) is 2.79. The first-order valence-electron chi connectivity index (χ1n) is 9.99. The molecule has 0 fully saturated rings. The molecule has 9 nitrogen and oxygen atoms in total. The number of nitrogen functional groups attached to an aromatic ring is 2. The van der Waals surface area contributed by atoms with E-state index in [1.165, 1.54) is 19.2 Å². The van der Waals surface area contributed by atoms with Crippen LogP contribution in [0.1, 0.15) is 29.2 Å². The minimum absolute atomic E-state index is 0.111.